The summed E-state index contributed by atoms with van der Waals surface area (Å²) in [7, 11) is 0. The van der Waals surface area contributed by atoms with E-state index in [0.29, 0.717) is 17.8 Å². The molecule has 0 saturated carbocycles. The van der Waals surface area contributed by atoms with Crippen molar-refractivity contribution in [3.8, 4) is 0 Å². The molecule has 0 bridgehead atoms. The van der Waals surface area contributed by atoms with Crippen molar-refractivity contribution in [1.82, 2.24) is 10.3 Å². The number of aromatic nitrogens is 1. The van der Waals surface area contributed by atoms with Crippen molar-refractivity contribution in [3.05, 3.63) is 23.9 Å². The number of unbranched alkanes of at least 4 members (excludes halogenated alkanes) is 1. The van der Waals surface area contributed by atoms with Crippen LogP contribution in [0.4, 0.5) is 5.82 Å². The number of carbonyl (C=O) groups is 2. The summed E-state index contributed by atoms with van der Waals surface area (Å²) in [5.41, 5.74) is 0.456. The van der Waals surface area contributed by atoms with Gasteiger partial charge in [0.1, 0.15) is 11.9 Å². The van der Waals surface area contributed by atoms with Gasteiger partial charge < -0.3 is 15.3 Å². The van der Waals surface area contributed by atoms with E-state index in [9.17, 15) is 14.7 Å². The molecule has 2 rings (SSSR count). The maximum Gasteiger partial charge on any atom is 0.326 e. The van der Waals surface area contributed by atoms with Gasteiger partial charge in [0, 0.05) is 19.3 Å². The summed E-state index contributed by atoms with van der Waals surface area (Å²) in [5, 5.41) is 11.9. The third-order valence-corrected chi connectivity index (χ3v) is 4.14. The standard InChI is InChI=1S/C17H25N3O3/c1-2-3-9-14(17(22)23)19-16(21)13-8-7-10-18-15(13)20-11-5-4-6-12-20/h7-8,10,14H,2-6,9,11-12H2,1H3,(H,19,21)(H,22,23)/t14-/m0/s1. The van der Waals surface area contributed by atoms with Crippen LogP contribution in [0.5, 0.6) is 0 Å². The molecule has 1 aromatic rings. The first-order valence-corrected chi connectivity index (χ1v) is 8.37. The number of anilines is 1. The highest BCUT2D eigenvalue weighted by atomic mass is 16.4. The number of hydrogen-bond acceptors (Lipinski definition) is 4. The van der Waals surface area contributed by atoms with E-state index in [4.69, 9.17) is 0 Å². The van der Waals surface area contributed by atoms with E-state index in [1.54, 1.807) is 18.3 Å². The molecule has 0 radical (unpaired) electrons. The van der Waals surface area contributed by atoms with Crippen molar-refractivity contribution in [1.29, 1.82) is 0 Å². The van der Waals surface area contributed by atoms with Gasteiger partial charge in [-0.15, -0.1) is 0 Å². The molecule has 0 aliphatic carbocycles. The molecule has 1 amide bonds. The first kappa shape index (κ1) is 17.2. The summed E-state index contributed by atoms with van der Waals surface area (Å²) in [6, 6.07) is 2.58. The van der Waals surface area contributed by atoms with Crippen molar-refractivity contribution in [3.63, 3.8) is 0 Å². The zero-order valence-electron chi connectivity index (χ0n) is 13.6. The number of aliphatic carboxylic acids is 1. The van der Waals surface area contributed by atoms with Gasteiger partial charge >= 0.3 is 5.97 Å². The van der Waals surface area contributed by atoms with Crippen molar-refractivity contribution in [2.24, 2.45) is 0 Å². The number of amides is 1. The van der Waals surface area contributed by atoms with Crippen LogP contribution in [-0.4, -0.2) is 41.1 Å². The van der Waals surface area contributed by atoms with Crippen LogP contribution in [0.1, 0.15) is 55.8 Å². The van der Waals surface area contributed by atoms with Gasteiger partial charge in [-0.1, -0.05) is 19.8 Å². The van der Waals surface area contributed by atoms with Crippen LogP contribution in [0, 0.1) is 0 Å². The average Bonchev–Trinajstić information content (AvgIpc) is 2.59. The SMILES string of the molecule is CCCC[C@H](NC(=O)c1cccnc1N1CCCCC1)C(=O)O. The zero-order valence-corrected chi connectivity index (χ0v) is 13.6. The van der Waals surface area contributed by atoms with Gasteiger partial charge in [-0.25, -0.2) is 9.78 Å². The lowest BCUT2D eigenvalue weighted by Gasteiger charge is -2.29. The molecule has 0 aromatic carbocycles. The number of pyridine rings is 1. The Morgan fingerprint density at radius 2 is 2.09 bits per heavy atom. The molecule has 126 valence electrons. The Balaban J connectivity index is 2.13. The van der Waals surface area contributed by atoms with Crippen molar-refractivity contribution >= 4 is 17.7 Å². The molecule has 1 fully saturated rings. The van der Waals surface area contributed by atoms with Gasteiger partial charge in [0.25, 0.3) is 5.91 Å². The summed E-state index contributed by atoms with van der Waals surface area (Å²) in [6.45, 7) is 3.77. The molecule has 2 N–H and O–H groups in total. The van der Waals surface area contributed by atoms with Gasteiger partial charge in [-0.05, 0) is 37.8 Å². The number of carboxylic acids is 1. The zero-order chi connectivity index (χ0) is 16.7. The Morgan fingerprint density at radius 3 is 2.74 bits per heavy atom. The number of nitrogens with zero attached hydrogens (tertiary/aromatic N) is 2. The third-order valence-electron chi connectivity index (χ3n) is 4.14. The predicted molar refractivity (Wildman–Crippen MR) is 88.7 cm³/mol. The minimum absolute atomic E-state index is 0.359. The molecule has 1 aliphatic heterocycles. The molecular weight excluding hydrogens is 294 g/mol. The Kier molecular flexibility index (Phi) is 6.38. The Labute approximate surface area is 136 Å². The fraction of sp³-hybridized carbons (Fsp3) is 0.588. The van der Waals surface area contributed by atoms with Crippen LogP contribution < -0.4 is 10.2 Å². The largest absolute Gasteiger partial charge is 0.480 e. The Morgan fingerprint density at radius 1 is 1.35 bits per heavy atom. The van der Waals surface area contributed by atoms with E-state index < -0.39 is 12.0 Å². The monoisotopic (exact) mass is 319 g/mol. The fourth-order valence-corrected chi connectivity index (χ4v) is 2.83. The molecule has 1 saturated heterocycles. The fourth-order valence-electron chi connectivity index (χ4n) is 2.83. The van der Waals surface area contributed by atoms with E-state index in [-0.39, 0.29) is 5.91 Å². The molecule has 23 heavy (non-hydrogen) atoms. The van der Waals surface area contributed by atoms with Gasteiger partial charge in [-0.3, -0.25) is 4.79 Å². The van der Waals surface area contributed by atoms with E-state index >= 15 is 0 Å². The Hall–Kier alpha value is -2.11. The molecule has 1 atom stereocenters. The highest BCUT2D eigenvalue weighted by molar-refractivity contribution is 6.00. The lowest BCUT2D eigenvalue weighted by atomic mass is 10.1. The van der Waals surface area contributed by atoms with Gasteiger partial charge in [0.15, 0.2) is 0 Å². The van der Waals surface area contributed by atoms with Crippen LogP contribution in [0.15, 0.2) is 18.3 Å². The van der Waals surface area contributed by atoms with Crippen LogP contribution >= 0.6 is 0 Å². The van der Waals surface area contributed by atoms with Crippen LogP contribution in [0.3, 0.4) is 0 Å². The summed E-state index contributed by atoms with van der Waals surface area (Å²) in [5.74, 6) is -0.693. The lowest BCUT2D eigenvalue weighted by Crippen LogP contribution is -2.41. The minimum Gasteiger partial charge on any atom is -0.480 e. The normalized spacial score (nSPS) is 16.0. The van der Waals surface area contributed by atoms with Crippen LogP contribution in [0.2, 0.25) is 0 Å². The highest BCUT2D eigenvalue weighted by Gasteiger charge is 2.24. The lowest BCUT2D eigenvalue weighted by molar-refractivity contribution is -0.139. The van der Waals surface area contributed by atoms with E-state index in [1.807, 2.05) is 6.92 Å². The molecular formula is C17H25N3O3. The van der Waals surface area contributed by atoms with Gasteiger partial charge in [0.05, 0.1) is 5.56 Å². The number of hydrogen-bond donors (Lipinski definition) is 2. The second kappa shape index (κ2) is 8.50. The van der Waals surface area contributed by atoms with E-state index in [0.717, 1.165) is 38.8 Å². The number of piperidine rings is 1. The molecule has 0 unspecified atom stereocenters. The van der Waals surface area contributed by atoms with Gasteiger partial charge in [-0.2, -0.15) is 0 Å². The highest BCUT2D eigenvalue weighted by Crippen LogP contribution is 2.21. The van der Waals surface area contributed by atoms with Crippen LogP contribution in [-0.2, 0) is 4.79 Å². The minimum atomic E-state index is -0.991. The summed E-state index contributed by atoms with van der Waals surface area (Å²) in [4.78, 5) is 30.3. The second-order valence-corrected chi connectivity index (χ2v) is 5.93. The topological polar surface area (TPSA) is 82.5 Å². The quantitative estimate of drug-likeness (QED) is 0.806. The van der Waals surface area contributed by atoms with Crippen molar-refractivity contribution in [2.45, 2.75) is 51.5 Å². The first-order chi connectivity index (χ1) is 11.1. The molecule has 6 nitrogen and oxygen atoms in total. The average molecular weight is 319 g/mol. The predicted octanol–water partition coefficient (Wildman–Crippen LogP) is 2.45. The number of carbonyl (C=O) groups excluding carboxylic acids is 1. The molecule has 1 aliphatic rings. The Bertz CT molecular complexity index is 542. The maximum atomic E-state index is 12.5. The number of carboxylic acid groups (broad SMARTS) is 1. The molecule has 1 aromatic heterocycles. The number of nitrogens with one attached hydrogen (secondary N) is 1. The molecule has 6 heteroatoms. The summed E-state index contributed by atoms with van der Waals surface area (Å²) < 4.78 is 0. The second-order valence-electron chi connectivity index (χ2n) is 5.93. The van der Waals surface area contributed by atoms with Crippen molar-refractivity contribution in [2.75, 3.05) is 18.0 Å². The van der Waals surface area contributed by atoms with E-state index in [2.05, 4.69) is 15.2 Å². The van der Waals surface area contributed by atoms with Gasteiger partial charge in [0.2, 0.25) is 0 Å². The summed E-state index contributed by atoms with van der Waals surface area (Å²) in [6.07, 6.45) is 7.15. The number of rotatable bonds is 7. The smallest absolute Gasteiger partial charge is 0.326 e. The molecule has 0 spiro atoms. The van der Waals surface area contributed by atoms with Crippen molar-refractivity contribution < 1.29 is 14.7 Å². The molecule has 2 heterocycles. The van der Waals surface area contributed by atoms with E-state index in [1.165, 1.54) is 6.42 Å². The first-order valence-electron chi connectivity index (χ1n) is 8.37. The summed E-state index contributed by atoms with van der Waals surface area (Å²) >= 11 is 0. The van der Waals surface area contributed by atoms with Crippen LogP contribution in [0.25, 0.3) is 0 Å². The third kappa shape index (κ3) is 4.68. The maximum absolute atomic E-state index is 12.5.